The number of nitrogens with two attached hydrogens (primary N) is 1. The molecule has 106 valence electrons. The molecule has 1 saturated carbocycles. The molecule has 0 atom stereocenters. The van der Waals surface area contributed by atoms with Crippen molar-refractivity contribution in [2.75, 3.05) is 43.6 Å². The van der Waals surface area contributed by atoms with Gasteiger partial charge in [-0.05, 0) is 19.9 Å². The van der Waals surface area contributed by atoms with Gasteiger partial charge in [-0.25, -0.2) is 0 Å². The van der Waals surface area contributed by atoms with Crippen molar-refractivity contribution in [1.29, 1.82) is 0 Å². The summed E-state index contributed by atoms with van der Waals surface area (Å²) >= 11 is 0. The molecule has 0 bridgehead atoms. The minimum atomic E-state index is 0.290. The van der Waals surface area contributed by atoms with Gasteiger partial charge in [0.1, 0.15) is 11.6 Å². The van der Waals surface area contributed by atoms with Crippen molar-refractivity contribution < 1.29 is 0 Å². The van der Waals surface area contributed by atoms with Gasteiger partial charge in [0.05, 0.1) is 0 Å². The summed E-state index contributed by atoms with van der Waals surface area (Å²) in [5.41, 5.74) is 5.65. The largest absolute Gasteiger partial charge is 0.373 e. The van der Waals surface area contributed by atoms with Crippen LogP contribution in [0.4, 0.5) is 17.6 Å². The first-order valence-corrected chi connectivity index (χ1v) is 6.95. The van der Waals surface area contributed by atoms with Crippen molar-refractivity contribution in [1.82, 2.24) is 14.9 Å². The Morgan fingerprint density at radius 2 is 2.00 bits per heavy atom. The first-order chi connectivity index (χ1) is 9.19. The van der Waals surface area contributed by atoms with E-state index in [0.29, 0.717) is 5.95 Å². The molecule has 2 rings (SSSR count). The quantitative estimate of drug-likeness (QED) is 0.720. The minimum Gasteiger partial charge on any atom is -0.373 e. The number of aromatic nitrogens is 2. The molecule has 0 aliphatic heterocycles. The lowest BCUT2D eigenvalue weighted by molar-refractivity contribution is 0.254. The van der Waals surface area contributed by atoms with Crippen molar-refractivity contribution in [3.8, 4) is 0 Å². The smallest absolute Gasteiger partial charge is 0.223 e. The zero-order valence-corrected chi connectivity index (χ0v) is 11.8. The van der Waals surface area contributed by atoms with E-state index in [4.69, 9.17) is 5.73 Å². The zero-order valence-electron chi connectivity index (χ0n) is 11.8. The fraction of sp³-hybridized carbons (Fsp3) is 0.692. The molecule has 0 amide bonds. The average Bonchev–Trinajstić information content (AvgIpc) is 2.92. The van der Waals surface area contributed by atoms with Crippen molar-refractivity contribution in [2.24, 2.45) is 0 Å². The van der Waals surface area contributed by atoms with E-state index in [2.05, 4.69) is 32.5 Å². The number of anilines is 3. The molecule has 6 nitrogen and oxygen atoms in total. The highest BCUT2D eigenvalue weighted by atomic mass is 15.2. The van der Waals surface area contributed by atoms with Crippen LogP contribution in [0.25, 0.3) is 0 Å². The Balaban J connectivity index is 1.80. The lowest BCUT2D eigenvalue weighted by atomic mass is 10.2. The number of nitrogens with one attached hydrogen (secondary N) is 2. The number of nitrogens with zero attached hydrogens (tertiary/aromatic N) is 3. The van der Waals surface area contributed by atoms with Gasteiger partial charge in [0.25, 0.3) is 0 Å². The van der Waals surface area contributed by atoms with Gasteiger partial charge in [-0.2, -0.15) is 9.97 Å². The van der Waals surface area contributed by atoms with Crippen molar-refractivity contribution in [2.45, 2.75) is 31.7 Å². The van der Waals surface area contributed by atoms with Crippen LogP contribution in [0.1, 0.15) is 25.7 Å². The molecule has 0 spiro atoms. The van der Waals surface area contributed by atoms with Crippen molar-refractivity contribution in [3.05, 3.63) is 6.07 Å². The Kier molecular flexibility index (Phi) is 4.79. The molecule has 6 heteroatoms. The van der Waals surface area contributed by atoms with E-state index in [1.807, 2.05) is 13.1 Å². The fourth-order valence-electron chi connectivity index (χ4n) is 2.57. The average molecular weight is 264 g/mol. The second kappa shape index (κ2) is 6.56. The second-order valence-electron chi connectivity index (χ2n) is 5.09. The normalized spacial score (nSPS) is 15.9. The Morgan fingerprint density at radius 1 is 1.32 bits per heavy atom. The number of hydrogen-bond acceptors (Lipinski definition) is 6. The van der Waals surface area contributed by atoms with E-state index in [1.165, 1.54) is 25.7 Å². The van der Waals surface area contributed by atoms with Gasteiger partial charge in [0.15, 0.2) is 0 Å². The molecular weight excluding hydrogens is 240 g/mol. The zero-order chi connectivity index (χ0) is 13.7. The van der Waals surface area contributed by atoms with Crippen molar-refractivity contribution in [3.63, 3.8) is 0 Å². The molecule has 1 fully saturated rings. The molecule has 1 aromatic heterocycles. The minimum absolute atomic E-state index is 0.290. The Hall–Kier alpha value is -1.56. The molecule has 4 N–H and O–H groups in total. The molecule has 0 saturated heterocycles. The maximum Gasteiger partial charge on any atom is 0.223 e. The predicted octanol–water partition coefficient (Wildman–Crippen LogP) is 1.39. The summed E-state index contributed by atoms with van der Waals surface area (Å²) in [4.78, 5) is 10.7. The van der Waals surface area contributed by atoms with Crippen LogP contribution in [-0.4, -0.2) is 48.1 Å². The van der Waals surface area contributed by atoms with Crippen molar-refractivity contribution >= 4 is 17.6 Å². The molecule has 1 aromatic rings. The molecular formula is C13H24N6. The highest BCUT2D eigenvalue weighted by Gasteiger charge is 2.18. The summed E-state index contributed by atoms with van der Waals surface area (Å²) in [7, 11) is 4.02. The molecule has 19 heavy (non-hydrogen) atoms. The molecule has 0 unspecified atom stereocenters. The van der Waals surface area contributed by atoms with E-state index >= 15 is 0 Å². The third-order valence-corrected chi connectivity index (χ3v) is 3.72. The Morgan fingerprint density at radius 3 is 2.68 bits per heavy atom. The number of likely N-dealkylation sites (N-methyl/N-ethyl adjacent to an activating group) is 1. The summed E-state index contributed by atoms with van der Waals surface area (Å²) in [6, 6.07) is 2.62. The lowest BCUT2D eigenvalue weighted by Gasteiger charge is -2.24. The third-order valence-electron chi connectivity index (χ3n) is 3.72. The first-order valence-electron chi connectivity index (χ1n) is 6.95. The van der Waals surface area contributed by atoms with Crippen LogP contribution in [-0.2, 0) is 0 Å². The maximum absolute atomic E-state index is 5.65. The molecule has 0 aromatic carbocycles. The predicted molar refractivity (Wildman–Crippen MR) is 79.4 cm³/mol. The number of hydrogen-bond donors (Lipinski definition) is 3. The van der Waals surface area contributed by atoms with E-state index < -0.39 is 0 Å². The van der Waals surface area contributed by atoms with E-state index in [0.717, 1.165) is 30.8 Å². The Labute approximate surface area is 114 Å². The summed E-state index contributed by atoms with van der Waals surface area (Å²) in [6.45, 7) is 1.88. The lowest BCUT2D eigenvalue weighted by Crippen LogP contribution is -2.33. The molecule has 1 aliphatic carbocycles. The number of rotatable bonds is 6. The van der Waals surface area contributed by atoms with Crippen LogP contribution < -0.4 is 16.4 Å². The number of nitrogen functional groups attached to an aromatic ring is 1. The monoisotopic (exact) mass is 264 g/mol. The summed E-state index contributed by atoms with van der Waals surface area (Å²) in [5, 5.41) is 6.27. The van der Waals surface area contributed by atoms with Gasteiger partial charge in [0, 0.05) is 32.2 Å². The molecule has 1 heterocycles. The van der Waals surface area contributed by atoms with Gasteiger partial charge in [-0.1, -0.05) is 12.8 Å². The SMILES string of the molecule is CNc1cc(NCCN(C)C2CCCC2)nc(N)n1. The van der Waals surface area contributed by atoms with Gasteiger partial charge < -0.3 is 21.3 Å². The maximum atomic E-state index is 5.65. The first kappa shape index (κ1) is 13.9. The van der Waals surface area contributed by atoms with Gasteiger partial charge >= 0.3 is 0 Å². The third kappa shape index (κ3) is 3.96. The van der Waals surface area contributed by atoms with E-state index in [-0.39, 0.29) is 0 Å². The van der Waals surface area contributed by atoms with Gasteiger partial charge in [0.2, 0.25) is 5.95 Å². The van der Waals surface area contributed by atoms with E-state index in [1.54, 1.807) is 0 Å². The fourth-order valence-corrected chi connectivity index (χ4v) is 2.57. The highest BCUT2D eigenvalue weighted by Crippen LogP contribution is 2.22. The summed E-state index contributed by atoms with van der Waals surface area (Å²) in [6.07, 6.45) is 5.41. The van der Waals surface area contributed by atoms with Crippen LogP contribution >= 0.6 is 0 Å². The standard InChI is InChI=1S/C13H24N6/c1-15-11-9-12(18-13(14)17-11)16-7-8-19(2)10-5-3-4-6-10/h9-10H,3-8H2,1-2H3,(H4,14,15,16,17,18). The topological polar surface area (TPSA) is 79.1 Å². The van der Waals surface area contributed by atoms with Gasteiger partial charge in [-0.3, -0.25) is 0 Å². The highest BCUT2D eigenvalue weighted by molar-refractivity contribution is 5.50. The van der Waals surface area contributed by atoms with Crippen LogP contribution in [0.5, 0.6) is 0 Å². The van der Waals surface area contributed by atoms with E-state index in [9.17, 15) is 0 Å². The molecule has 1 aliphatic rings. The van der Waals surface area contributed by atoms with Crippen LogP contribution in [0, 0.1) is 0 Å². The van der Waals surface area contributed by atoms with Gasteiger partial charge in [-0.15, -0.1) is 0 Å². The summed E-state index contributed by atoms with van der Waals surface area (Å²) < 4.78 is 0. The summed E-state index contributed by atoms with van der Waals surface area (Å²) in [5.74, 6) is 1.80. The Bertz CT molecular complexity index is 402. The van der Waals surface area contributed by atoms with Crippen LogP contribution in [0.2, 0.25) is 0 Å². The molecule has 0 radical (unpaired) electrons. The van der Waals surface area contributed by atoms with Crippen LogP contribution in [0.3, 0.4) is 0 Å². The van der Waals surface area contributed by atoms with Crippen LogP contribution in [0.15, 0.2) is 6.07 Å². The second-order valence-corrected chi connectivity index (χ2v) is 5.09.